The molecule has 0 saturated carbocycles. The maximum Gasteiger partial charge on any atom is 0.227 e. The molecule has 4 nitrogen and oxygen atoms in total. The van der Waals surface area contributed by atoms with Crippen LogP contribution in [-0.4, -0.2) is 18.4 Å². The highest BCUT2D eigenvalue weighted by Gasteiger charge is 2.34. The van der Waals surface area contributed by atoms with Crippen LogP contribution in [0.2, 0.25) is 0 Å². The summed E-state index contributed by atoms with van der Waals surface area (Å²) >= 11 is 5.62. The highest BCUT2D eigenvalue weighted by molar-refractivity contribution is 14.1. The summed E-state index contributed by atoms with van der Waals surface area (Å²) in [6.45, 7) is 0.368. The Bertz CT molecular complexity index is 492. The van der Waals surface area contributed by atoms with Crippen LogP contribution in [0.25, 0.3) is 0 Å². The zero-order valence-electron chi connectivity index (χ0n) is 8.82. The van der Waals surface area contributed by atoms with E-state index in [0.717, 1.165) is 13.7 Å². The molecule has 1 heterocycles. The Balaban J connectivity index is 2.29. The third-order valence-corrected chi connectivity index (χ3v) is 4.03. The molecular weight excluding hydrogens is 399 g/mol. The van der Waals surface area contributed by atoms with Gasteiger partial charge in [-0.3, -0.25) is 9.59 Å². The van der Waals surface area contributed by atoms with Crippen molar-refractivity contribution in [2.45, 2.75) is 6.42 Å². The predicted molar refractivity (Wildman–Crippen MR) is 76.5 cm³/mol. The number of carbonyl (C=O) groups excluding carboxylic acids is 2. The SMILES string of the molecule is NC(=O)C1CC(=O)N(c2ccc(I)cc2Br)C1. The normalized spacial score (nSPS) is 19.8. The molecule has 1 aromatic rings. The Morgan fingerprint density at radius 1 is 1.53 bits per heavy atom. The van der Waals surface area contributed by atoms with Gasteiger partial charge < -0.3 is 10.6 Å². The average molecular weight is 409 g/mol. The highest BCUT2D eigenvalue weighted by Crippen LogP contribution is 2.32. The van der Waals surface area contributed by atoms with E-state index in [9.17, 15) is 9.59 Å². The molecule has 6 heteroatoms. The lowest BCUT2D eigenvalue weighted by Gasteiger charge is -2.18. The standard InChI is InChI=1S/C11H10BrIN2O2/c12-8-4-7(13)1-2-9(8)15-5-6(11(14)17)3-10(15)16/h1-2,4,6H,3,5H2,(H2,14,17). The van der Waals surface area contributed by atoms with Gasteiger partial charge in [-0.05, 0) is 56.7 Å². The minimum Gasteiger partial charge on any atom is -0.369 e. The number of benzene rings is 1. The maximum absolute atomic E-state index is 11.8. The molecule has 1 aromatic carbocycles. The van der Waals surface area contributed by atoms with Crippen molar-refractivity contribution in [3.05, 3.63) is 26.2 Å². The number of hydrogen-bond acceptors (Lipinski definition) is 2. The van der Waals surface area contributed by atoms with Gasteiger partial charge in [-0.25, -0.2) is 0 Å². The summed E-state index contributed by atoms with van der Waals surface area (Å²) in [6, 6.07) is 5.72. The Hall–Kier alpha value is -0.630. The Labute approximate surface area is 121 Å². The van der Waals surface area contributed by atoms with Gasteiger partial charge in [0.05, 0.1) is 11.6 Å². The summed E-state index contributed by atoms with van der Waals surface area (Å²) in [4.78, 5) is 24.5. The van der Waals surface area contributed by atoms with Gasteiger partial charge in [-0.2, -0.15) is 0 Å². The van der Waals surface area contributed by atoms with Crippen LogP contribution in [0.4, 0.5) is 5.69 Å². The number of hydrogen-bond donors (Lipinski definition) is 1. The summed E-state index contributed by atoms with van der Waals surface area (Å²) < 4.78 is 1.93. The van der Waals surface area contributed by atoms with Crippen LogP contribution in [0.5, 0.6) is 0 Å². The number of carbonyl (C=O) groups is 2. The van der Waals surface area contributed by atoms with Crippen LogP contribution in [-0.2, 0) is 9.59 Å². The number of rotatable bonds is 2. The second-order valence-electron chi connectivity index (χ2n) is 3.90. The first-order chi connectivity index (χ1) is 7.99. The van der Waals surface area contributed by atoms with Gasteiger partial charge in [0, 0.05) is 21.0 Å². The fraction of sp³-hybridized carbons (Fsp3) is 0.273. The largest absolute Gasteiger partial charge is 0.369 e. The van der Waals surface area contributed by atoms with Crippen LogP contribution in [0.15, 0.2) is 22.7 Å². The summed E-state index contributed by atoms with van der Waals surface area (Å²) in [5, 5.41) is 0. The van der Waals surface area contributed by atoms with E-state index in [2.05, 4.69) is 38.5 Å². The van der Waals surface area contributed by atoms with Gasteiger partial charge in [0.2, 0.25) is 11.8 Å². The Morgan fingerprint density at radius 2 is 2.24 bits per heavy atom. The fourth-order valence-electron chi connectivity index (χ4n) is 1.83. The van der Waals surface area contributed by atoms with Crippen LogP contribution in [0.1, 0.15) is 6.42 Å². The van der Waals surface area contributed by atoms with E-state index in [0.29, 0.717) is 6.54 Å². The summed E-state index contributed by atoms with van der Waals surface area (Å²) in [5.74, 6) is -0.855. The number of nitrogens with zero attached hydrogens (tertiary/aromatic N) is 1. The third-order valence-electron chi connectivity index (χ3n) is 2.73. The van der Waals surface area contributed by atoms with E-state index in [1.807, 2.05) is 18.2 Å². The van der Waals surface area contributed by atoms with E-state index < -0.39 is 5.91 Å². The molecule has 1 fully saturated rings. The molecule has 90 valence electrons. The summed E-state index contributed by atoms with van der Waals surface area (Å²) in [5.41, 5.74) is 6.02. The molecule has 1 aliphatic heterocycles. The molecule has 1 aliphatic rings. The van der Waals surface area contributed by atoms with Gasteiger partial charge >= 0.3 is 0 Å². The highest BCUT2D eigenvalue weighted by atomic mass is 127. The lowest BCUT2D eigenvalue weighted by atomic mass is 10.1. The zero-order chi connectivity index (χ0) is 12.6. The molecule has 2 amide bonds. The van der Waals surface area contributed by atoms with Crippen LogP contribution >= 0.6 is 38.5 Å². The number of amides is 2. The molecular formula is C11H10BrIN2O2. The second kappa shape index (κ2) is 4.93. The van der Waals surface area contributed by atoms with Gasteiger partial charge in [0.1, 0.15) is 0 Å². The first-order valence-corrected chi connectivity index (χ1v) is 6.91. The molecule has 2 rings (SSSR count). The van der Waals surface area contributed by atoms with Crippen LogP contribution in [0.3, 0.4) is 0 Å². The molecule has 0 aliphatic carbocycles. The average Bonchev–Trinajstić information content (AvgIpc) is 2.61. The number of anilines is 1. The van der Waals surface area contributed by atoms with Crippen LogP contribution in [0, 0.1) is 9.49 Å². The zero-order valence-corrected chi connectivity index (χ0v) is 12.6. The van der Waals surface area contributed by atoms with E-state index in [4.69, 9.17) is 5.73 Å². The minimum atomic E-state index is -0.414. The summed E-state index contributed by atoms with van der Waals surface area (Å²) in [6.07, 6.45) is 0.202. The Morgan fingerprint density at radius 3 is 2.76 bits per heavy atom. The molecule has 17 heavy (non-hydrogen) atoms. The van der Waals surface area contributed by atoms with E-state index in [-0.39, 0.29) is 18.2 Å². The van der Waals surface area contributed by atoms with Crippen LogP contribution < -0.4 is 10.6 Å². The maximum atomic E-state index is 11.8. The first kappa shape index (κ1) is 12.8. The predicted octanol–water partition coefficient (Wildman–Crippen LogP) is 1.89. The second-order valence-corrected chi connectivity index (χ2v) is 6.00. The van der Waals surface area contributed by atoms with E-state index in [1.54, 1.807) is 4.90 Å². The molecule has 0 aromatic heterocycles. The van der Waals surface area contributed by atoms with Gasteiger partial charge in [0.25, 0.3) is 0 Å². The van der Waals surface area contributed by atoms with E-state index in [1.165, 1.54) is 0 Å². The van der Waals surface area contributed by atoms with Gasteiger partial charge in [0.15, 0.2) is 0 Å². The first-order valence-electron chi connectivity index (χ1n) is 5.04. The molecule has 2 N–H and O–H groups in total. The quantitative estimate of drug-likeness (QED) is 0.759. The van der Waals surface area contributed by atoms with E-state index >= 15 is 0 Å². The lowest BCUT2D eigenvalue weighted by molar-refractivity contribution is -0.123. The van der Waals surface area contributed by atoms with Crippen molar-refractivity contribution in [1.82, 2.24) is 0 Å². The fourth-order valence-corrected chi connectivity index (χ4v) is 3.34. The minimum absolute atomic E-state index is 0.0595. The lowest BCUT2D eigenvalue weighted by Crippen LogP contribution is -2.28. The number of halogens is 2. The Kier molecular flexibility index (Phi) is 3.72. The molecule has 0 spiro atoms. The van der Waals surface area contributed by atoms with Crippen molar-refractivity contribution >= 4 is 56.0 Å². The third kappa shape index (κ3) is 2.62. The molecule has 1 saturated heterocycles. The van der Waals surface area contributed by atoms with Crippen molar-refractivity contribution in [2.75, 3.05) is 11.4 Å². The molecule has 1 atom stereocenters. The van der Waals surface area contributed by atoms with Crippen molar-refractivity contribution in [3.8, 4) is 0 Å². The molecule has 0 bridgehead atoms. The molecule has 1 unspecified atom stereocenters. The smallest absolute Gasteiger partial charge is 0.227 e. The number of primary amides is 1. The molecule has 0 radical (unpaired) electrons. The van der Waals surface area contributed by atoms with Crippen molar-refractivity contribution in [2.24, 2.45) is 11.7 Å². The summed E-state index contributed by atoms with van der Waals surface area (Å²) in [7, 11) is 0. The topological polar surface area (TPSA) is 63.4 Å². The van der Waals surface area contributed by atoms with Crippen molar-refractivity contribution < 1.29 is 9.59 Å². The van der Waals surface area contributed by atoms with Gasteiger partial charge in [-0.1, -0.05) is 0 Å². The van der Waals surface area contributed by atoms with Crippen molar-refractivity contribution in [3.63, 3.8) is 0 Å². The monoisotopic (exact) mass is 408 g/mol. The van der Waals surface area contributed by atoms with Gasteiger partial charge in [-0.15, -0.1) is 0 Å². The van der Waals surface area contributed by atoms with Crippen molar-refractivity contribution in [1.29, 1.82) is 0 Å². The number of nitrogens with two attached hydrogens (primary N) is 1.